The Balaban J connectivity index is 1.19. The normalized spacial score (nSPS) is 17.1. The standard InChI is InChI=1S/C23H28FN7O2/c24-19-5-3-18(4-6-19)17-31-21(32)8-7-20(28-31)22(33)25-11-2-12-29-13-15-30(16-14-29)23-26-9-1-10-27-23/h1,3-6,9-10H,2,7-8,11-17H2,(H,25,33). The molecule has 10 heteroatoms. The summed E-state index contributed by atoms with van der Waals surface area (Å²) in [4.78, 5) is 37.9. The van der Waals surface area contributed by atoms with Gasteiger partial charge in [0.25, 0.3) is 5.91 Å². The number of hydrogen-bond donors (Lipinski definition) is 1. The van der Waals surface area contributed by atoms with E-state index in [1.807, 2.05) is 6.07 Å². The van der Waals surface area contributed by atoms with Crippen molar-refractivity contribution in [3.05, 3.63) is 54.1 Å². The smallest absolute Gasteiger partial charge is 0.267 e. The Kier molecular flexibility index (Phi) is 7.56. The third-order valence-corrected chi connectivity index (χ3v) is 5.76. The van der Waals surface area contributed by atoms with Crippen molar-refractivity contribution in [3.8, 4) is 0 Å². The maximum atomic E-state index is 13.1. The molecule has 2 aromatic rings. The molecule has 174 valence electrons. The van der Waals surface area contributed by atoms with Gasteiger partial charge in [-0.25, -0.2) is 19.4 Å². The fourth-order valence-electron chi connectivity index (χ4n) is 3.88. The Hall–Kier alpha value is -3.40. The van der Waals surface area contributed by atoms with E-state index in [9.17, 15) is 14.0 Å². The summed E-state index contributed by atoms with van der Waals surface area (Å²) < 4.78 is 13.1. The summed E-state index contributed by atoms with van der Waals surface area (Å²) in [6.07, 6.45) is 4.91. The van der Waals surface area contributed by atoms with Crippen LogP contribution in [0.4, 0.5) is 10.3 Å². The molecule has 1 saturated heterocycles. The second-order valence-corrected chi connectivity index (χ2v) is 8.11. The van der Waals surface area contributed by atoms with Crippen LogP contribution in [0.25, 0.3) is 0 Å². The molecule has 1 aromatic carbocycles. The molecule has 1 aromatic heterocycles. The second-order valence-electron chi connectivity index (χ2n) is 8.11. The lowest BCUT2D eigenvalue weighted by molar-refractivity contribution is -0.132. The van der Waals surface area contributed by atoms with Crippen LogP contribution in [0.5, 0.6) is 0 Å². The number of halogens is 1. The lowest BCUT2D eigenvalue weighted by Gasteiger charge is -2.34. The van der Waals surface area contributed by atoms with E-state index in [0.29, 0.717) is 18.7 Å². The van der Waals surface area contributed by atoms with Crippen molar-refractivity contribution < 1.29 is 14.0 Å². The minimum Gasteiger partial charge on any atom is -0.351 e. The monoisotopic (exact) mass is 453 g/mol. The largest absolute Gasteiger partial charge is 0.351 e. The molecule has 1 fully saturated rings. The van der Waals surface area contributed by atoms with Crippen molar-refractivity contribution >= 4 is 23.5 Å². The van der Waals surface area contributed by atoms with Gasteiger partial charge in [-0.2, -0.15) is 5.10 Å². The first-order valence-electron chi connectivity index (χ1n) is 11.2. The molecule has 33 heavy (non-hydrogen) atoms. The first kappa shape index (κ1) is 22.8. The SMILES string of the molecule is O=C(NCCCN1CCN(c2ncccn2)CC1)C1=NN(Cc2ccc(F)cc2)C(=O)CC1. The number of amides is 2. The van der Waals surface area contributed by atoms with E-state index >= 15 is 0 Å². The summed E-state index contributed by atoms with van der Waals surface area (Å²) in [6, 6.07) is 7.72. The third-order valence-electron chi connectivity index (χ3n) is 5.76. The van der Waals surface area contributed by atoms with Gasteiger partial charge in [-0.05, 0) is 36.7 Å². The minimum atomic E-state index is -0.334. The van der Waals surface area contributed by atoms with Crippen LogP contribution in [0.2, 0.25) is 0 Å². The number of hydrazone groups is 1. The zero-order valence-electron chi connectivity index (χ0n) is 18.5. The fraction of sp³-hybridized carbons (Fsp3) is 0.435. The minimum absolute atomic E-state index is 0.143. The predicted octanol–water partition coefficient (Wildman–Crippen LogP) is 1.42. The number of aromatic nitrogens is 2. The average molecular weight is 454 g/mol. The first-order chi connectivity index (χ1) is 16.1. The number of anilines is 1. The van der Waals surface area contributed by atoms with Crippen molar-refractivity contribution in [3.63, 3.8) is 0 Å². The van der Waals surface area contributed by atoms with Gasteiger partial charge in [-0.1, -0.05) is 12.1 Å². The fourth-order valence-corrected chi connectivity index (χ4v) is 3.88. The van der Waals surface area contributed by atoms with Gasteiger partial charge in [-0.3, -0.25) is 14.5 Å². The van der Waals surface area contributed by atoms with E-state index in [1.165, 1.54) is 17.1 Å². The Bertz CT molecular complexity index is 976. The van der Waals surface area contributed by atoms with Gasteiger partial charge in [-0.15, -0.1) is 0 Å². The van der Waals surface area contributed by atoms with Crippen LogP contribution in [-0.4, -0.2) is 76.7 Å². The maximum Gasteiger partial charge on any atom is 0.267 e. The molecule has 0 atom stereocenters. The van der Waals surface area contributed by atoms with E-state index in [4.69, 9.17) is 0 Å². The average Bonchev–Trinajstić information content (AvgIpc) is 2.85. The van der Waals surface area contributed by atoms with Crippen molar-refractivity contribution in [2.24, 2.45) is 5.10 Å². The predicted molar refractivity (Wildman–Crippen MR) is 122 cm³/mol. The van der Waals surface area contributed by atoms with E-state index in [0.717, 1.165) is 50.7 Å². The summed E-state index contributed by atoms with van der Waals surface area (Å²) in [5.74, 6) is 0.0533. The van der Waals surface area contributed by atoms with Crippen molar-refractivity contribution in [2.45, 2.75) is 25.8 Å². The van der Waals surface area contributed by atoms with Gasteiger partial charge in [0.05, 0.1) is 6.54 Å². The molecular formula is C23H28FN7O2. The Morgan fingerprint density at radius 1 is 1.03 bits per heavy atom. The van der Waals surface area contributed by atoms with Gasteiger partial charge in [0.1, 0.15) is 11.5 Å². The summed E-state index contributed by atoms with van der Waals surface area (Å²) in [6.45, 7) is 5.28. The number of piperazine rings is 1. The van der Waals surface area contributed by atoms with E-state index in [1.54, 1.807) is 24.5 Å². The maximum absolute atomic E-state index is 13.1. The lowest BCUT2D eigenvalue weighted by Crippen LogP contribution is -2.47. The van der Waals surface area contributed by atoms with Gasteiger partial charge >= 0.3 is 0 Å². The Labute approximate surface area is 192 Å². The first-order valence-corrected chi connectivity index (χ1v) is 11.2. The highest BCUT2D eigenvalue weighted by Gasteiger charge is 2.24. The number of carbonyl (C=O) groups excluding carboxylic acids is 2. The van der Waals surface area contributed by atoms with Crippen LogP contribution in [0.15, 0.2) is 47.8 Å². The number of rotatable bonds is 8. The van der Waals surface area contributed by atoms with Gasteiger partial charge < -0.3 is 10.2 Å². The third kappa shape index (κ3) is 6.32. The molecular weight excluding hydrogens is 425 g/mol. The molecule has 9 nitrogen and oxygen atoms in total. The Morgan fingerprint density at radius 3 is 2.48 bits per heavy atom. The topological polar surface area (TPSA) is 94.0 Å². The van der Waals surface area contributed by atoms with E-state index in [2.05, 4.69) is 30.2 Å². The number of hydrogen-bond acceptors (Lipinski definition) is 7. The number of benzene rings is 1. The molecule has 3 heterocycles. The van der Waals surface area contributed by atoms with E-state index < -0.39 is 0 Å². The molecule has 2 amide bonds. The quantitative estimate of drug-likeness (QED) is 0.608. The summed E-state index contributed by atoms with van der Waals surface area (Å²) in [7, 11) is 0. The second kappa shape index (κ2) is 11.0. The highest BCUT2D eigenvalue weighted by molar-refractivity contribution is 6.39. The van der Waals surface area contributed by atoms with Crippen LogP contribution in [0, 0.1) is 5.82 Å². The molecule has 0 bridgehead atoms. The van der Waals surface area contributed by atoms with Crippen LogP contribution >= 0.6 is 0 Å². The van der Waals surface area contributed by atoms with Crippen LogP contribution < -0.4 is 10.2 Å². The molecule has 0 radical (unpaired) electrons. The molecule has 0 saturated carbocycles. The van der Waals surface area contributed by atoms with Crippen LogP contribution in [0.3, 0.4) is 0 Å². The Morgan fingerprint density at radius 2 is 1.76 bits per heavy atom. The molecule has 2 aliphatic rings. The highest BCUT2D eigenvalue weighted by Crippen LogP contribution is 2.14. The summed E-state index contributed by atoms with van der Waals surface area (Å²) >= 11 is 0. The van der Waals surface area contributed by atoms with Crippen LogP contribution in [-0.2, 0) is 16.1 Å². The molecule has 2 aliphatic heterocycles. The molecule has 0 aliphatic carbocycles. The van der Waals surface area contributed by atoms with Gasteiger partial charge in [0, 0.05) is 58.0 Å². The highest BCUT2D eigenvalue weighted by atomic mass is 19.1. The number of carbonyl (C=O) groups is 2. The number of nitrogens with one attached hydrogen (secondary N) is 1. The summed E-state index contributed by atoms with van der Waals surface area (Å²) in [5, 5.41) is 8.47. The van der Waals surface area contributed by atoms with Crippen LogP contribution in [0.1, 0.15) is 24.8 Å². The van der Waals surface area contributed by atoms with Crippen molar-refractivity contribution in [2.75, 3.05) is 44.2 Å². The van der Waals surface area contributed by atoms with Gasteiger partial charge in [0.2, 0.25) is 11.9 Å². The molecule has 4 rings (SSSR count). The molecule has 1 N–H and O–H groups in total. The molecule has 0 unspecified atom stereocenters. The number of nitrogens with zero attached hydrogens (tertiary/aromatic N) is 6. The zero-order chi connectivity index (χ0) is 23.0. The van der Waals surface area contributed by atoms with Crippen molar-refractivity contribution in [1.82, 2.24) is 25.2 Å². The summed E-state index contributed by atoms with van der Waals surface area (Å²) in [5.41, 5.74) is 1.11. The van der Waals surface area contributed by atoms with Gasteiger partial charge in [0.15, 0.2) is 0 Å². The van der Waals surface area contributed by atoms with E-state index in [-0.39, 0.29) is 30.6 Å². The lowest BCUT2D eigenvalue weighted by atomic mass is 10.1. The molecule has 0 spiro atoms. The van der Waals surface area contributed by atoms with Crippen molar-refractivity contribution in [1.29, 1.82) is 0 Å². The zero-order valence-corrected chi connectivity index (χ0v) is 18.5.